The summed E-state index contributed by atoms with van der Waals surface area (Å²) < 4.78 is 11.8. The van der Waals surface area contributed by atoms with Crippen molar-refractivity contribution in [2.45, 2.75) is 70.8 Å². The Balaban J connectivity index is 1.95. The second-order valence-corrected chi connectivity index (χ2v) is 9.64. The standard InChI is InChI=1S/C26H38N2O6/c1-16(2)14-22(30)28(11-7-13-33-17(3)4)20-15-19(26(32)27-10-12-29)23-18-8-5-6-9-21(18)34-25(23)24(20)31/h5-6,8-9,15-17,20,23-25,29,31H,7,10-14H2,1-4H3,(H,27,32)/t20-,23+,24+,25+/m1/s1. The Labute approximate surface area is 201 Å². The summed E-state index contributed by atoms with van der Waals surface area (Å²) in [6.45, 7) is 8.70. The van der Waals surface area contributed by atoms with Gasteiger partial charge in [0.2, 0.25) is 11.8 Å². The summed E-state index contributed by atoms with van der Waals surface area (Å²) in [5.74, 6) is -0.0841. The molecule has 0 bridgehead atoms. The number of hydrogen-bond donors (Lipinski definition) is 3. The summed E-state index contributed by atoms with van der Waals surface area (Å²) in [7, 11) is 0. The van der Waals surface area contributed by atoms with Gasteiger partial charge in [-0.3, -0.25) is 9.59 Å². The van der Waals surface area contributed by atoms with Crippen molar-refractivity contribution >= 4 is 11.8 Å². The molecule has 4 atom stereocenters. The van der Waals surface area contributed by atoms with E-state index in [0.29, 0.717) is 37.3 Å². The third-order valence-electron chi connectivity index (χ3n) is 6.13. The Bertz CT molecular complexity index is 884. The van der Waals surface area contributed by atoms with E-state index in [1.807, 2.05) is 52.0 Å². The minimum absolute atomic E-state index is 0.0797. The molecular weight excluding hydrogens is 436 g/mol. The highest BCUT2D eigenvalue weighted by Gasteiger charge is 2.50. The van der Waals surface area contributed by atoms with Crippen molar-refractivity contribution in [3.63, 3.8) is 0 Å². The predicted molar refractivity (Wildman–Crippen MR) is 128 cm³/mol. The minimum Gasteiger partial charge on any atom is -0.486 e. The molecule has 1 heterocycles. The van der Waals surface area contributed by atoms with Crippen LogP contribution >= 0.6 is 0 Å². The van der Waals surface area contributed by atoms with Crippen molar-refractivity contribution in [3.05, 3.63) is 41.5 Å². The molecule has 0 aromatic heterocycles. The first-order valence-electron chi connectivity index (χ1n) is 12.2. The number of hydrogen-bond acceptors (Lipinski definition) is 6. The lowest BCUT2D eigenvalue weighted by atomic mass is 9.77. The van der Waals surface area contributed by atoms with E-state index in [1.54, 1.807) is 11.0 Å². The Morgan fingerprint density at radius 2 is 1.94 bits per heavy atom. The van der Waals surface area contributed by atoms with Gasteiger partial charge >= 0.3 is 0 Å². The second-order valence-electron chi connectivity index (χ2n) is 9.64. The van der Waals surface area contributed by atoms with Crippen LogP contribution in [0.2, 0.25) is 0 Å². The molecule has 0 spiro atoms. The Hall–Kier alpha value is -2.42. The van der Waals surface area contributed by atoms with Crippen LogP contribution in [0.15, 0.2) is 35.9 Å². The smallest absolute Gasteiger partial charge is 0.247 e. The van der Waals surface area contributed by atoms with Gasteiger partial charge in [0.05, 0.1) is 24.7 Å². The molecule has 3 N–H and O–H groups in total. The van der Waals surface area contributed by atoms with Crippen molar-refractivity contribution in [2.75, 3.05) is 26.3 Å². The van der Waals surface area contributed by atoms with Crippen molar-refractivity contribution in [1.82, 2.24) is 10.2 Å². The van der Waals surface area contributed by atoms with E-state index in [1.165, 1.54) is 0 Å². The maximum Gasteiger partial charge on any atom is 0.247 e. The molecule has 0 fully saturated rings. The minimum atomic E-state index is -1.01. The maximum absolute atomic E-state index is 13.3. The highest BCUT2D eigenvalue weighted by Crippen LogP contribution is 2.47. The molecule has 1 aliphatic heterocycles. The van der Waals surface area contributed by atoms with Gasteiger partial charge in [0.15, 0.2) is 0 Å². The van der Waals surface area contributed by atoms with Gasteiger partial charge in [-0.05, 0) is 38.3 Å². The van der Waals surface area contributed by atoms with Crippen molar-refractivity contribution in [2.24, 2.45) is 5.92 Å². The van der Waals surface area contributed by atoms with E-state index in [0.717, 1.165) is 5.56 Å². The number of nitrogens with one attached hydrogen (secondary N) is 1. The molecule has 0 saturated heterocycles. The number of nitrogens with zero attached hydrogens (tertiary/aromatic N) is 1. The average Bonchev–Trinajstić information content (AvgIpc) is 3.18. The van der Waals surface area contributed by atoms with Gasteiger partial charge in [0, 0.05) is 37.3 Å². The van der Waals surface area contributed by atoms with E-state index in [4.69, 9.17) is 9.47 Å². The number of fused-ring (bicyclic) bond motifs is 3. The number of rotatable bonds is 11. The normalized spacial score (nSPS) is 23.2. The lowest BCUT2D eigenvalue weighted by molar-refractivity contribution is -0.138. The molecule has 1 aromatic rings. The zero-order valence-electron chi connectivity index (χ0n) is 20.6. The van der Waals surface area contributed by atoms with E-state index >= 15 is 0 Å². The molecule has 0 radical (unpaired) electrons. The van der Waals surface area contributed by atoms with Crippen LogP contribution < -0.4 is 10.1 Å². The zero-order chi connectivity index (χ0) is 24.8. The molecule has 0 unspecified atom stereocenters. The summed E-state index contributed by atoms with van der Waals surface area (Å²) >= 11 is 0. The molecule has 8 nitrogen and oxygen atoms in total. The summed E-state index contributed by atoms with van der Waals surface area (Å²) in [6.07, 6.45) is 1.06. The Morgan fingerprint density at radius 3 is 2.62 bits per heavy atom. The monoisotopic (exact) mass is 474 g/mol. The molecule has 1 aromatic carbocycles. The van der Waals surface area contributed by atoms with Crippen LogP contribution in [0.1, 0.15) is 52.0 Å². The summed E-state index contributed by atoms with van der Waals surface area (Å²) in [5, 5.41) is 23.3. The van der Waals surface area contributed by atoms with E-state index < -0.39 is 24.2 Å². The fraction of sp³-hybridized carbons (Fsp3) is 0.615. The largest absolute Gasteiger partial charge is 0.486 e. The molecule has 2 aliphatic rings. The first-order valence-corrected chi connectivity index (χ1v) is 12.2. The average molecular weight is 475 g/mol. The summed E-state index contributed by atoms with van der Waals surface area (Å²) in [4.78, 5) is 28.0. The van der Waals surface area contributed by atoms with E-state index in [-0.39, 0.29) is 37.0 Å². The third-order valence-corrected chi connectivity index (χ3v) is 6.13. The van der Waals surface area contributed by atoms with Gasteiger partial charge in [0.25, 0.3) is 0 Å². The quantitative estimate of drug-likeness (QED) is 0.424. The second kappa shape index (κ2) is 11.8. The van der Waals surface area contributed by atoms with Gasteiger partial charge in [-0.25, -0.2) is 0 Å². The number of ether oxygens (including phenoxy) is 2. The predicted octanol–water partition coefficient (Wildman–Crippen LogP) is 2.00. The van der Waals surface area contributed by atoms with Crippen LogP contribution in [0.5, 0.6) is 5.75 Å². The van der Waals surface area contributed by atoms with Gasteiger partial charge in [-0.1, -0.05) is 32.0 Å². The highest BCUT2D eigenvalue weighted by molar-refractivity contribution is 5.96. The number of carbonyl (C=O) groups excluding carboxylic acids is 2. The molecule has 2 amide bonds. The molecule has 34 heavy (non-hydrogen) atoms. The number of aliphatic hydroxyl groups is 2. The summed E-state index contributed by atoms with van der Waals surface area (Å²) in [5.41, 5.74) is 1.28. The van der Waals surface area contributed by atoms with E-state index in [2.05, 4.69) is 5.32 Å². The first-order chi connectivity index (χ1) is 16.2. The Morgan fingerprint density at radius 1 is 1.21 bits per heavy atom. The van der Waals surface area contributed by atoms with Crippen LogP contribution in [0.4, 0.5) is 0 Å². The Kier molecular flexibility index (Phi) is 9.10. The van der Waals surface area contributed by atoms with Gasteiger partial charge < -0.3 is 29.9 Å². The zero-order valence-corrected chi connectivity index (χ0v) is 20.6. The number of aliphatic hydroxyl groups excluding tert-OH is 2. The third kappa shape index (κ3) is 5.98. The fourth-order valence-electron chi connectivity index (χ4n) is 4.65. The molecule has 8 heteroatoms. The molecular formula is C26H38N2O6. The van der Waals surface area contributed by atoms with Crippen LogP contribution in [0.25, 0.3) is 0 Å². The van der Waals surface area contributed by atoms with Crippen molar-refractivity contribution in [3.8, 4) is 5.75 Å². The number of amides is 2. The van der Waals surface area contributed by atoms with Crippen molar-refractivity contribution < 1.29 is 29.3 Å². The van der Waals surface area contributed by atoms with Crippen molar-refractivity contribution in [1.29, 1.82) is 0 Å². The van der Waals surface area contributed by atoms with Crippen LogP contribution in [0.3, 0.4) is 0 Å². The number of benzene rings is 1. The number of para-hydroxylation sites is 1. The maximum atomic E-state index is 13.3. The number of carbonyl (C=O) groups is 2. The first kappa shape index (κ1) is 26.2. The lowest BCUT2D eigenvalue weighted by Crippen LogP contribution is -2.56. The molecule has 1 aliphatic carbocycles. The van der Waals surface area contributed by atoms with Crippen LogP contribution in [-0.2, 0) is 14.3 Å². The molecule has 188 valence electrons. The van der Waals surface area contributed by atoms with Gasteiger partial charge in [-0.15, -0.1) is 0 Å². The highest BCUT2D eigenvalue weighted by atomic mass is 16.5. The summed E-state index contributed by atoms with van der Waals surface area (Å²) in [6, 6.07) is 6.73. The topological polar surface area (TPSA) is 108 Å². The molecule has 3 rings (SSSR count). The van der Waals surface area contributed by atoms with Gasteiger partial charge in [-0.2, -0.15) is 0 Å². The fourth-order valence-corrected chi connectivity index (χ4v) is 4.65. The van der Waals surface area contributed by atoms with Gasteiger partial charge in [0.1, 0.15) is 18.0 Å². The van der Waals surface area contributed by atoms with E-state index in [9.17, 15) is 19.8 Å². The molecule has 0 saturated carbocycles. The van der Waals surface area contributed by atoms with Crippen LogP contribution in [0, 0.1) is 5.92 Å². The SMILES string of the molecule is CC(C)CC(=O)N(CCCOC(C)C)[C@@H]1C=C(C(=O)NCCO)[C@@H]2c3ccccc3O[C@@H]2[C@H]1O. The lowest BCUT2D eigenvalue weighted by Gasteiger charge is -2.41. The van der Waals surface area contributed by atoms with Crippen LogP contribution in [-0.4, -0.2) is 77.6 Å².